The quantitative estimate of drug-likeness (QED) is 0.658. The van der Waals surface area contributed by atoms with Crippen molar-refractivity contribution in [1.82, 2.24) is 10.6 Å². The van der Waals surface area contributed by atoms with Crippen molar-refractivity contribution in [2.24, 2.45) is 5.73 Å². The minimum absolute atomic E-state index is 0.0879. The van der Waals surface area contributed by atoms with Crippen molar-refractivity contribution in [3.63, 3.8) is 0 Å². The number of amides is 2. The van der Waals surface area contributed by atoms with Crippen LogP contribution in [0.3, 0.4) is 0 Å². The lowest BCUT2D eigenvalue weighted by Gasteiger charge is -2.30. The lowest BCUT2D eigenvalue weighted by molar-refractivity contribution is -0.125. The van der Waals surface area contributed by atoms with E-state index >= 15 is 0 Å². The number of nitrogens with one attached hydrogen (secondary N) is 2. The van der Waals surface area contributed by atoms with Gasteiger partial charge < -0.3 is 16.4 Å². The molecule has 4 N–H and O–H groups in total. The molecule has 0 saturated heterocycles. The van der Waals surface area contributed by atoms with E-state index in [1.54, 1.807) is 6.92 Å². The fraction of sp³-hybridized carbons (Fsp3) is 0.833. The Morgan fingerprint density at radius 3 is 2.00 bits per heavy atom. The Morgan fingerprint density at radius 2 is 1.65 bits per heavy atom. The minimum Gasteiger partial charge on any atom is -0.370 e. The van der Waals surface area contributed by atoms with Gasteiger partial charge in [-0.15, -0.1) is 0 Å². The molecular weight excluding hydrogens is 218 g/mol. The summed E-state index contributed by atoms with van der Waals surface area (Å²) in [7, 11) is 0. The van der Waals surface area contributed by atoms with E-state index in [4.69, 9.17) is 5.73 Å². The van der Waals surface area contributed by atoms with Gasteiger partial charge in [0.2, 0.25) is 11.8 Å². The van der Waals surface area contributed by atoms with Crippen LogP contribution >= 0.6 is 0 Å². The molecule has 0 aliphatic carbocycles. The summed E-state index contributed by atoms with van der Waals surface area (Å²) in [6.07, 6.45) is 0.195. The Morgan fingerprint density at radius 1 is 1.18 bits per heavy atom. The van der Waals surface area contributed by atoms with E-state index in [9.17, 15) is 9.59 Å². The second-order valence-corrected chi connectivity index (χ2v) is 6.13. The predicted octanol–water partition coefficient (Wildman–Crippen LogP) is 0.533. The number of nitrogens with two attached hydrogens (primary N) is 1. The molecular formula is C12H25N3O2. The Kier molecular flexibility index (Phi) is 5.13. The third-order valence-corrected chi connectivity index (χ3v) is 2.11. The van der Waals surface area contributed by atoms with Gasteiger partial charge >= 0.3 is 0 Å². The van der Waals surface area contributed by atoms with Crippen LogP contribution in [0.2, 0.25) is 0 Å². The second-order valence-electron chi connectivity index (χ2n) is 6.13. The first-order chi connectivity index (χ1) is 7.43. The molecule has 0 aromatic carbocycles. The Labute approximate surface area is 104 Å². The van der Waals surface area contributed by atoms with Crippen LogP contribution in [0, 0.1) is 0 Å². The topological polar surface area (TPSA) is 84.2 Å². The first-order valence-electron chi connectivity index (χ1n) is 5.81. The number of primary amides is 1. The summed E-state index contributed by atoms with van der Waals surface area (Å²) in [5, 5.41) is 5.97. The van der Waals surface area contributed by atoms with Crippen molar-refractivity contribution < 1.29 is 9.59 Å². The van der Waals surface area contributed by atoms with Crippen LogP contribution in [0.4, 0.5) is 0 Å². The van der Waals surface area contributed by atoms with E-state index in [2.05, 4.69) is 10.6 Å². The summed E-state index contributed by atoms with van der Waals surface area (Å²) in [5.74, 6) is -0.471. The molecule has 5 heteroatoms. The third-order valence-electron chi connectivity index (χ3n) is 2.11. The molecule has 0 saturated carbocycles. The van der Waals surface area contributed by atoms with Crippen LogP contribution in [-0.2, 0) is 9.59 Å². The van der Waals surface area contributed by atoms with Gasteiger partial charge in [-0.05, 0) is 41.5 Å². The molecule has 17 heavy (non-hydrogen) atoms. The van der Waals surface area contributed by atoms with Gasteiger partial charge in [0.25, 0.3) is 0 Å². The molecule has 5 nitrogen and oxygen atoms in total. The minimum atomic E-state index is -0.486. The van der Waals surface area contributed by atoms with E-state index < -0.39 is 5.54 Å². The molecule has 0 aromatic heterocycles. The van der Waals surface area contributed by atoms with E-state index in [1.165, 1.54) is 0 Å². The lowest BCUT2D eigenvalue weighted by Crippen LogP contribution is -2.55. The Hall–Kier alpha value is -1.10. The van der Waals surface area contributed by atoms with Gasteiger partial charge in [0.1, 0.15) is 0 Å². The highest BCUT2D eigenvalue weighted by molar-refractivity contribution is 5.82. The smallest absolute Gasteiger partial charge is 0.237 e. The molecule has 0 bridgehead atoms. The van der Waals surface area contributed by atoms with Crippen molar-refractivity contribution in [3.05, 3.63) is 0 Å². The molecule has 0 aromatic rings. The number of carbonyl (C=O) groups is 2. The maximum atomic E-state index is 11.8. The summed E-state index contributed by atoms with van der Waals surface area (Å²) in [6, 6.07) is -0.372. The molecule has 100 valence electrons. The van der Waals surface area contributed by atoms with Crippen molar-refractivity contribution >= 4 is 11.8 Å². The Balaban J connectivity index is 4.38. The molecule has 2 amide bonds. The van der Waals surface area contributed by atoms with Gasteiger partial charge in [0, 0.05) is 17.5 Å². The average molecular weight is 243 g/mol. The first kappa shape index (κ1) is 15.9. The summed E-state index contributed by atoms with van der Waals surface area (Å²) in [4.78, 5) is 22.7. The molecule has 0 aliphatic rings. The third kappa shape index (κ3) is 7.74. The maximum absolute atomic E-state index is 11.8. The van der Waals surface area contributed by atoms with Crippen LogP contribution in [0.15, 0.2) is 0 Å². The average Bonchev–Trinajstić information content (AvgIpc) is 1.96. The normalized spacial score (nSPS) is 14.2. The van der Waals surface area contributed by atoms with Crippen molar-refractivity contribution in [2.75, 3.05) is 0 Å². The monoisotopic (exact) mass is 243 g/mol. The van der Waals surface area contributed by atoms with Crippen LogP contribution in [0.25, 0.3) is 0 Å². The van der Waals surface area contributed by atoms with E-state index in [1.807, 2.05) is 34.6 Å². The standard InChI is InChI=1S/C12H25N3O2/c1-8(10(17)15-11(2,3)4)14-12(5,6)7-9(13)16/h8,14H,7H2,1-6H3,(H2,13,16)(H,15,17). The van der Waals surface area contributed by atoms with Gasteiger partial charge in [-0.25, -0.2) is 0 Å². The summed E-state index contributed by atoms with van der Waals surface area (Å²) in [6.45, 7) is 11.2. The van der Waals surface area contributed by atoms with Gasteiger partial charge in [0.15, 0.2) is 0 Å². The van der Waals surface area contributed by atoms with E-state index in [0.29, 0.717) is 0 Å². The largest absolute Gasteiger partial charge is 0.370 e. The lowest BCUT2D eigenvalue weighted by atomic mass is 9.98. The Bertz CT molecular complexity index is 293. The highest BCUT2D eigenvalue weighted by atomic mass is 16.2. The summed E-state index contributed by atoms with van der Waals surface area (Å²) >= 11 is 0. The molecule has 1 atom stereocenters. The molecule has 0 rings (SSSR count). The molecule has 0 heterocycles. The highest BCUT2D eigenvalue weighted by Crippen LogP contribution is 2.09. The van der Waals surface area contributed by atoms with Crippen molar-refractivity contribution in [2.45, 2.75) is 65.1 Å². The van der Waals surface area contributed by atoms with E-state index in [-0.39, 0.29) is 29.8 Å². The molecule has 0 radical (unpaired) electrons. The zero-order valence-corrected chi connectivity index (χ0v) is 11.7. The number of rotatable bonds is 5. The van der Waals surface area contributed by atoms with Crippen LogP contribution < -0.4 is 16.4 Å². The SMILES string of the molecule is CC(NC(C)(C)CC(N)=O)C(=O)NC(C)(C)C. The number of hydrogen-bond donors (Lipinski definition) is 3. The fourth-order valence-corrected chi connectivity index (χ4v) is 1.62. The zero-order chi connectivity index (χ0) is 13.9. The van der Waals surface area contributed by atoms with Gasteiger partial charge in [-0.3, -0.25) is 9.59 Å². The number of hydrogen-bond acceptors (Lipinski definition) is 3. The first-order valence-corrected chi connectivity index (χ1v) is 5.81. The van der Waals surface area contributed by atoms with Crippen LogP contribution in [-0.4, -0.2) is 28.9 Å². The predicted molar refractivity (Wildman–Crippen MR) is 68.4 cm³/mol. The van der Waals surface area contributed by atoms with Gasteiger partial charge in [-0.1, -0.05) is 0 Å². The van der Waals surface area contributed by atoms with Crippen LogP contribution in [0.1, 0.15) is 48.0 Å². The molecule has 1 unspecified atom stereocenters. The molecule has 0 aliphatic heterocycles. The fourth-order valence-electron chi connectivity index (χ4n) is 1.62. The van der Waals surface area contributed by atoms with Gasteiger partial charge in [-0.2, -0.15) is 0 Å². The molecule has 0 fully saturated rings. The number of carbonyl (C=O) groups excluding carboxylic acids is 2. The second kappa shape index (κ2) is 5.49. The van der Waals surface area contributed by atoms with E-state index in [0.717, 1.165) is 0 Å². The van der Waals surface area contributed by atoms with Crippen molar-refractivity contribution in [1.29, 1.82) is 0 Å². The highest BCUT2D eigenvalue weighted by Gasteiger charge is 2.26. The summed E-state index contributed by atoms with van der Waals surface area (Å²) < 4.78 is 0. The molecule has 0 spiro atoms. The van der Waals surface area contributed by atoms with Crippen molar-refractivity contribution in [3.8, 4) is 0 Å². The zero-order valence-electron chi connectivity index (χ0n) is 11.7. The van der Waals surface area contributed by atoms with Gasteiger partial charge in [0.05, 0.1) is 6.04 Å². The summed E-state index contributed by atoms with van der Waals surface area (Å²) in [5.41, 5.74) is 4.40. The van der Waals surface area contributed by atoms with Crippen LogP contribution in [0.5, 0.6) is 0 Å². The maximum Gasteiger partial charge on any atom is 0.237 e.